The molecule has 0 aliphatic carbocycles. The number of nitrogens with zero attached hydrogens (tertiary/aromatic N) is 2. The predicted molar refractivity (Wildman–Crippen MR) is 144 cm³/mol. The third kappa shape index (κ3) is 8.07. The minimum atomic E-state index is -1.14. The first-order chi connectivity index (χ1) is 19.3. The number of carboxylic acids is 2. The van der Waals surface area contributed by atoms with Gasteiger partial charge in [0.05, 0.1) is 60.0 Å². The van der Waals surface area contributed by atoms with Crippen LogP contribution in [0.4, 0.5) is 0 Å². The minimum absolute atomic E-state index is 0. The summed E-state index contributed by atoms with van der Waals surface area (Å²) >= 11 is 2.35. The summed E-state index contributed by atoms with van der Waals surface area (Å²) in [6, 6.07) is 3.28. The molecule has 14 heteroatoms. The zero-order chi connectivity index (χ0) is 28.2. The average molecular weight is 599 g/mol. The van der Waals surface area contributed by atoms with Crippen molar-refractivity contribution in [2.75, 3.05) is 52.6 Å². The van der Waals surface area contributed by atoms with Crippen LogP contribution in [-0.4, -0.2) is 86.2 Å². The van der Waals surface area contributed by atoms with E-state index in [9.17, 15) is 29.4 Å². The van der Waals surface area contributed by atoms with Crippen LogP contribution in [0.2, 0.25) is 0 Å². The number of hydrogen-bond acceptors (Lipinski definition) is 10. The van der Waals surface area contributed by atoms with Gasteiger partial charge in [-0.3, -0.25) is 9.59 Å². The van der Waals surface area contributed by atoms with Crippen LogP contribution in [0.5, 0.6) is 0 Å². The minimum Gasteiger partial charge on any atom is -0.544 e. The zero-order valence-electron chi connectivity index (χ0n) is 23.7. The van der Waals surface area contributed by atoms with Gasteiger partial charge in [-0.05, 0) is 58.0 Å². The standard InChI is InChI=1S/2C14H15NO4S.2Li/c2*16-13(11-6-19-7-11)15-3-1-9(2-4-15)10-5-12(14(17)18)20-8-10;;/h2*1,5,8,11H,2-4,6-7H2,(H,17,18);;/q;;2*+1/p-2. The van der Waals surface area contributed by atoms with Crippen LogP contribution in [-0.2, 0) is 19.1 Å². The molecule has 0 saturated carbocycles. The molecule has 2 aromatic heterocycles. The second-order valence-corrected chi connectivity index (χ2v) is 11.8. The van der Waals surface area contributed by atoms with Crippen LogP contribution < -0.4 is 47.9 Å². The molecule has 2 saturated heterocycles. The van der Waals surface area contributed by atoms with Gasteiger partial charge in [0.2, 0.25) is 11.8 Å². The number of carboxylic acid groups (broad SMARTS) is 2. The molecule has 0 aromatic carbocycles. The number of rotatable bonds is 6. The van der Waals surface area contributed by atoms with Gasteiger partial charge in [0.1, 0.15) is 0 Å². The predicted octanol–water partition coefficient (Wildman–Crippen LogP) is -5.24. The van der Waals surface area contributed by atoms with E-state index < -0.39 is 11.9 Å². The second-order valence-electron chi connectivity index (χ2n) is 9.97. The van der Waals surface area contributed by atoms with Gasteiger partial charge in [-0.1, -0.05) is 12.2 Å². The summed E-state index contributed by atoms with van der Waals surface area (Å²) in [6.45, 7) is 4.66. The normalized spacial score (nSPS) is 18.5. The zero-order valence-corrected chi connectivity index (χ0v) is 25.3. The van der Waals surface area contributed by atoms with E-state index in [2.05, 4.69) is 0 Å². The molecule has 0 radical (unpaired) electrons. The Morgan fingerprint density at radius 2 is 1.07 bits per heavy atom. The molecular weight excluding hydrogens is 570 g/mol. The molecule has 10 nitrogen and oxygen atoms in total. The Kier molecular flexibility index (Phi) is 12.7. The van der Waals surface area contributed by atoms with E-state index in [0.29, 0.717) is 52.6 Å². The van der Waals surface area contributed by atoms with Crippen molar-refractivity contribution in [2.24, 2.45) is 11.8 Å². The summed E-state index contributed by atoms with van der Waals surface area (Å²) in [5.74, 6) is -1.91. The molecule has 2 aromatic rings. The molecule has 0 atom stereocenters. The van der Waals surface area contributed by atoms with Gasteiger partial charge >= 0.3 is 37.7 Å². The van der Waals surface area contributed by atoms with Crippen LogP contribution in [0.3, 0.4) is 0 Å². The first kappa shape index (κ1) is 34.4. The second kappa shape index (κ2) is 15.6. The topological polar surface area (TPSA) is 139 Å². The number of carbonyl (C=O) groups is 4. The Labute approximate surface area is 275 Å². The van der Waals surface area contributed by atoms with Gasteiger partial charge in [0, 0.05) is 26.2 Å². The van der Waals surface area contributed by atoms with E-state index in [0.717, 1.165) is 35.1 Å². The summed E-state index contributed by atoms with van der Waals surface area (Å²) < 4.78 is 10.1. The van der Waals surface area contributed by atoms with E-state index in [1.165, 1.54) is 22.7 Å². The molecule has 4 aliphatic rings. The summed E-state index contributed by atoms with van der Waals surface area (Å²) in [4.78, 5) is 49.8. The van der Waals surface area contributed by atoms with Crippen molar-refractivity contribution in [1.82, 2.24) is 9.80 Å². The van der Waals surface area contributed by atoms with Crippen molar-refractivity contribution in [3.8, 4) is 0 Å². The van der Waals surface area contributed by atoms with Crippen molar-refractivity contribution in [1.29, 1.82) is 0 Å². The number of ether oxygens (including phenoxy) is 2. The number of thiophene rings is 2. The van der Waals surface area contributed by atoms with E-state index in [1.54, 1.807) is 12.1 Å². The Hall–Kier alpha value is -2.13. The van der Waals surface area contributed by atoms with Crippen LogP contribution in [0.25, 0.3) is 11.1 Å². The van der Waals surface area contributed by atoms with Crippen molar-refractivity contribution < 1.29 is 76.6 Å². The van der Waals surface area contributed by atoms with Crippen LogP contribution in [0.1, 0.15) is 43.3 Å². The molecular formula is C28H28Li2N2O8S2. The molecule has 0 bridgehead atoms. The molecule has 6 rings (SSSR count). The molecule has 0 spiro atoms. The van der Waals surface area contributed by atoms with Gasteiger partial charge in [0.15, 0.2) is 0 Å². The quantitative estimate of drug-likeness (QED) is 0.301. The summed E-state index contributed by atoms with van der Waals surface area (Å²) in [5, 5.41) is 25.2. The molecule has 42 heavy (non-hydrogen) atoms. The van der Waals surface area contributed by atoms with Gasteiger partial charge in [-0.2, -0.15) is 0 Å². The van der Waals surface area contributed by atoms with Crippen LogP contribution in [0.15, 0.2) is 35.0 Å². The van der Waals surface area contributed by atoms with Crippen molar-refractivity contribution >= 4 is 57.6 Å². The fourth-order valence-corrected chi connectivity index (χ4v) is 6.29. The SMILES string of the molecule is O=C([O-])c1cc(C2=CCN(C(=O)C3COC3)CC2)cs1.O=C([O-])c1cc(C2=CCN(C(=O)C3COC3)CC2)cs1.[Li+].[Li+]. The van der Waals surface area contributed by atoms with E-state index in [-0.39, 0.29) is 71.1 Å². The molecule has 2 amide bonds. The third-order valence-electron chi connectivity index (χ3n) is 7.36. The maximum Gasteiger partial charge on any atom is 1.00 e. The maximum absolute atomic E-state index is 12.0. The molecule has 4 aliphatic heterocycles. The molecule has 0 unspecified atom stereocenters. The Bertz CT molecular complexity index is 1260. The maximum atomic E-state index is 12.0. The smallest absolute Gasteiger partial charge is 0.544 e. The van der Waals surface area contributed by atoms with E-state index >= 15 is 0 Å². The average Bonchev–Trinajstić information content (AvgIpc) is 3.58. The van der Waals surface area contributed by atoms with Gasteiger partial charge < -0.3 is 39.1 Å². The monoisotopic (exact) mass is 598 g/mol. The fraction of sp³-hybridized carbons (Fsp3) is 0.429. The van der Waals surface area contributed by atoms with E-state index in [4.69, 9.17) is 9.47 Å². The molecule has 2 fully saturated rings. The van der Waals surface area contributed by atoms with Crippen LogP contribution >= 0.6 is 22.7 Å². The summed E-state index contributed by atoms with van der Waals surface area (Å²) in [7, 11) is 0. The number of hydrogen-bond donors (Lipinski definition) is 0. The van der Waals surface area contributed by atoms with Crippen molar-refractivity contribution in [2.45, 2.75) is 12.8 Å². The van der Waals surface area contributed by atoms with Crippen LogP contribution in [0, 0.1) is 11.8 Å². The summed E-state index contributed by atoms with van der Waals surface area (Å²) in [6.07, 6.45) is 5.51. The third-order valence-corrected chi connectivity index (χ3v) is 9.18. The Morgan fingerprint density at radius 1 is 0.690 bits per heavy atom. The molecule has 212 valence electrons. The first-order valence-corrected chi connectivity index (χ1v) is 14.8. The van der Waals surface area contributed by atoms with Gasteiger partial charge in [-0.15, -0.1) is 22.7 Å². The number of aromatic carboxylic acids is 2. The van der Waals surface area contributed by atoms with Crippen molar-refractivity contribution in [3.05, 3.63) is 55.9 Å². The molecule has 0 N–H and O–H groups in total. The largest absolute Gasteiger partial charge is 1.00 e. The first-order valence-electron chi connectivity index (χ1n) is 13.0. The Morgan fingerprint density at radius 3 is 1.31 bits per heavy atom. The van der Waals surface area contributed by atoms with Crippen molar-refractivity contribution in [3.63, 3.8) is 0 Å². The fourth-order valence-electron chi connectivity index (χ4n) is 4.76. The number of carbonyl (C=O) groups excluding carboxylic acids is 4. The van der Waals surface area contributed by atoms with Gasteiger partial charge in [0.25, 0.3) is 0 Å². The molecule has 6 heterocycles. The number of amides is 2. The van der Waals surface area contributed by atoms with E-state index in [1.807, 2.05) is 32.7 Å². The van der Waals surface area contributed by atoms with Gasteiger partial charge in [-0.25, -0.2) is 0 Å². The summed E-state index contributed by atoms with van der Waals surface area (Å²) in [5.41, 5.74) is 4.05. The Balaban J connectivity index is 0.000000220.